The maximum absolute atomic E-state index is 13.1. The molecule has 5 N–H and O–H groups in total. The summed E-state index contributed by atoms with van der Waals surface area (Å²) in [5, 5.41) is 34.4. The molecule has 1 saturated heterocycles. The predicted octanol–water partition coefficient (Wildman–Crippen LogP) is 1.19. The van der Waals surface area contributed by atoms with Crippen LogP contribution < -0.4 is 10.6 Å². The Morgan fingerprint density at radius 1 is 1.26 bits per heavy atom. The number of carbonyl (C=O) groups is 3. The van der Waals surface area contributed by atoms with Crippen molar-refractivity contribution < 1.29 is 29.7 Å². The summed E-state index contributed by atoms with van der Waals surface area (Å²) in [4.78, 5) is 38.5. The molecule has 0 aliphatic carbocycles. The molecular weight excluding hydrogens is 402 g/mol. The quantitative estimate of drug-likeness (QED) is 0.444. The van der Waals surface area contributed by atoms with Crippen molar-refractivity contribution in [1.29, 1.82) is 0 Å². The van der Waals surface area contributed by atoms with E-state index in [0.29, 0.717) is 11.1 Å². The highest BCUT2D eigenvalue weighted by Crippen LogP contribution is 2.28. The molecule has 3 amide bonds. The molecule has 1 aliphatic rings. The number of aliphatic hydroxyl groups is 1. The zero-order valence-corrected chi connectivity index (χ0v) is 18.0. The molecule has 0 aromatic heterocycles. The van der Waals surface area contributed by atoms with Crippen molar-refractivity contribution in [3.8, 4) is 18.1 Å². The van der Waals surface area contributed by atoms with E-state index in [1.807, 2.05) is 0 Å². The Morgan fingerprint density at radius 2 is 1.90 bits per heavy atom. The third-order valence-electron chi connectivity index (χ3n) is 5.27. The first-order valence-corrected chi connectivity index (χ1v) is 9.93. The van der Waals surface area contributed by atoms with Gasteiger partial charge in [-0.3, -0.25) is 9.59 Å². The number of aliphatic hydroxyl groups excluding tert-OH is 1. The first-order valence-electron chi connectivity index (χ1n) is 9.93. The Bertz CT molecular complexity index is 901. The average Bonchev–Trinajstić information content (AvgIpc) is 3.06. The van der Waals surface area contributed by atoms with Crippen molar-refractivity contribution in [2.24, 2.45) is 5.41 Å². The molecule has 4 atom stereocenters. The van der Waals surface area contributed by atoms with Gasteiger partial charge < -0.3 is 30.9 Å². The first kappa shape index (κ1) is 24.0. The van der Waals surface area contributed by atoms with E-state index >= 15 is 0 Å². The number of β-amino-alcohol motifs (C(OH)–C–C–N with tert-alkyl or cyclic N) is 1. The Hall–Kier alpha value is -3.25. The fourth-order valence-corrected chi connectivity index (χ4v) is 3.63. The van der Waals surface area contributed by atoms with Gasteiger partial charge in [-0.25, -0.2) is 4.79 Å². The molecule has 1 aromatic carbocycles. The minimum Gasteiger partial charge on any atom is -0.508 e. The second-order valence-electron chi connectivity index (χ2n) is 8.79. The standard InChI is InChI=1S/C22H29N3O6/c1-6-13-7-8-15(17(27)9-13)12(2)23-19(28)16-10-14(26)11-25(16)20(29)18(22(3,4)5)24-21(30)31/h1,7-9,12,14,16,18,24,26-27H,10-11H2,2-5H3,(H,23,28)(H,30,31)/t12-,14+,16-,18?/m0/s1. The molecule has 9 heteroatoms. The lowest BCUT2D eigenvalue weighted by Gasteiger charge is -2.34. The van der Waals surface area contributed by atoms with Gasteiger partial charge >= 0.3 is 6.09 Å². The average molecular weight is 431 g/mol. The van der Waals surface area contributed by atoms with Crippen molar-refractivity contribution in [3.63, 3.8) is 0 Å². The van der Waals surface area contributed by atoms with Crippen molar-refractivity contribution >= 4 is 17.9 Å². The molecule has 9 nitrogen and oxygen atoms in total. The summed E-state index contributed by atoms with van der Waals surface area (Å²) >= 11 is 0. The summed E-state index contributed by atoms with van der Waals surface area (Å²) < 4.78 is 0. The van der Waals surface area contributed by atoms with Gasteiger partial charge in [-0.05, 0) is 24.5 Å². The van der Waals surface area contributed by atoms with Crippen LogP contribution in [0.2, 0.25) is 0 Å². The molecule has 1 unspecified atom stereocenters. The third-order valence-corrected chi connectivity index (χ3v) is 5.27. The molecule has 0 bridgehead atoms. The van der Waals surface area contributed by atoms with Gasteiger partial charge in [0, 0.05) is 24.1 Å². The summed E-state index contributed by atoms with van der Waals surface area (Å²) in [5.74, 6) is 1.25. The second-order valence-corrected chi connectivity index (χ2v) is 8.79. The van der Waals surface area contributed by atoms with E-state index in [2.05, 4.69) is 16.6 Å². The number of amides is 3. The van der Waals surface area contributed by atoms with E-state index in [9.17, 15) is 24.6 Å². The van der Waals surface area contributed by atoms with Crippen LogP contribution in [-0.4, -0.2) is 62.9 Å². The molecule has 0 saturated carbocycles. The van der Waals surface area contributed by atoms with E-state index in [0.717, 1.165) is 0 Å². The minimum absolute atomic E-state index is 0.0240. The van der Waals surface area contributed by atoms with Crippen LogP contribution in [0.4, 0.5) is 4.79 Å². The van der Waals surface area contributed by atoms with E-state index in [4.69, 9.17) is 11.5 Å². The number of rotatable bonds is 5. The predicted molar refractivity (Wildman–Crippen MR) is 113 cm³/mol. The maximum atomic E-state index is 13.1. The van der Waals surface area contributed by atoms with Gasteiger partial charge in [-0.2, -0.15) is 0 Å². The monoisotopic (exact) mass is 431 g/mol. The van der Waals surface area contributed by atoms with Crippen molar-refractivity contribution in [3.05, 3.63) is 29.3 Å². The van der Waals surface area contributed by atoms with E-state index in [1.165, 1.54) is 11.0 Å². The fraction of sp³-hybridized carbons (Fsp3) is 0.500. The van der Waals surface area contributed by atoms with E-state index in [-0.39, 0.29) is 18.7 Å². The Kier molecular flexibility index (Phi) is 7.18. The van der Waals surface area contributed by atoms with Gasteiger partial charge in [0.05, 0.1) is 12.1 Å². The molecule has 0 radical (unpaired) electrons. The van der Waals surface area contributed by atoms with Crippen LogP contribution >= 0.6 is 0 Å². The molecule has 1 fully saturated rings. The van der Waals surface area contributed by atoms with Crippen LogP contribution in [0.25, 0.3) is 0 Å². The van der Waals surface area contributed by atoms with Gasteiger partial charge in [-0.1, -0.05) is 32.8 Å². The van der Waals surface area contributed by atoms with Gasteiger partial charge in [0.25, 0.3) is 0 Å². The Balaban J connectivity index is 2.21. The molecule has 1 aliphatic heterocycles. The summed E-state index contributed by atoms with van der Waals surface area (Å²) in [6.07, 6.45) is 3.07. The highest BCUT2D eigenvalue weighted by molar-refractivity contribution is 5.92. The molecule has 168 valence electrons. The SMILES string of the molecule is C#Cc1ccc([C@H](C)NC(=O)[C@@H]2C[C@@H](O)CN2C(=O)C(NC(=O)O)C(C)(C)C)c(O)c1. The third kappa shape index (κ3) is 5.67. The van der Waals surface area contributed by atoms with Crippen molar-refractivity contribution in [2.45, 2.75) is 58.3 Å². The van der Waals surface area contributed by atoms with Crippen LogP contribution in [0.3, 0.4) is 0 Å². The van der Waals surface area contributed by atoms with Gasteiger partial charge in [-0.15, -0.1) is 6.42 Å². The number of hydrogen-bond acceptors (Lipinski definition) is 5. The maximum Gasteiger partial charge on any atom is 0.405 e. The van der Waals surface area contributed by atoms with Gasteiger partial charge in [0.2, 0.25) is 11.8 Å². The highest BCUT2D eigenvalue weighted by Gasteiger charge is 2.44. The molecule has 0 spiro atoms. The lowest BCUT2D eigenvalue weighted by molar-refractivity contribution is -0.142. The van der Waals surface area contributed by atoms with Crippen molar-refractivity contribution in [2.75, 3.05) is 6.54 Å². The van der Waals surface area contributed by atoms with Crippen LogP contribution in [0, 0.1) is 17.8 Å². The molecule has 1 heterocycles. The van der Waals surface area contributed by atoms with E-state index < -0.39 is 47.6 Å². The number of carboxylic acid groups (broad SMARTS) is 1. The molecule has 31 heavy (non-hydrogen) atoms. The lowest BCUT2D eigenvalue weighted by Crippen LogP contribution is -2.57. The summed E-state index contributed by atoms with van der Waals surface area (Å²) in [6.45, 7) is 6.71. The number of nitrogens with one attached hydrogen (secondary N) is 2. The Labute approximate surface area is 181 Å². The Morgan fingerprint density at radius 3 is 2.42 bits per heavy atom. The number of hydrogen-bond donors (Lipinski definition) is 5. The largest absolute Gasteiger partial charge is 0.508 e. The van der Waals surface area contributed by atoms with Crippen LogP contribution in [0.1, 0.15) is 51.3 Å². The highest BCUT2D eigenvalue weighted by atomic mass is 16.4. The lowest BCUT2D eigenvalue weighted by atomic mass is 9.85. The zero-order valence-electron chi connectivity index (χ0n) is 18.0. The van der Waals surface area contributed by atoms with Gasteiger partial charge in [0.1, 0.15) is 17.8 Å². The summed E-state index contributed by atoms with van der Waals surface area (Å²) in [5.41, 5.74) is 0.195. The minimum atomic E-state index is -1.35. The molecule has 1 aromatic rings. The normalized spacial score (nSPS) is 20.5. The number of aromatic hydroxyl groups is 1. The number of phenolic OH excluding ortho intramolecular Hbond substituents is 1. The molecule has 2 rings (SSSR count). The van der Waals surface area contributed by atoms with Crippen LogP contribution in [0.5, 0.6) is 5.75 Å². The van der Waals surface area contributed by atoms with Crippen molar-refractivity contribution in [1.82, 2.24) is 15.5 Å². The summed E-state index contributed by atoms with van der Waals surface area (Å²) in [6, 6.07) is 2.00. The first-order chi connectivity index (χ1) is 14.3. The number of carbonyl (C=O) groups excluding carboxylic acids is 2. The number of likely N-dealkylation sites (tertiary alicyclic amines) is 1. The number of benzene rings is 1. The number of phenols is 1. The fourth-order valence-electron chi connectivity index (χ4n) is 3.63. The zero-order chi connectivity index (χ0) is 23.5. The summed E-state index contributed by atoms with van der Waals surface area (Å²) in [7, 11) is 0. The second kappa shape index (κ2) is 9.27. The number of nitrogens with zero attached hydrogens (tertiary/aromatic N) is 1. The van der Waals surface area contributed by atoms with E-state index in [1.54, 1.807) is 39.8 Å². The topological polar surface area (TPSA) is 139 Å². The van der Waals surface area contributed by atoms with Crippen LogP contribution in [0.15, 0.2) is 18.2 Å². The molecular formula is C22H29N3O6. The smallest absolute Gasteiger partial charge is 0.405 e. The van der Waals surface area contributed by atoms with Gasteiger partial charge in [0.15, 0.2) is 0 Å². The number of terminal acetylenes is 1. The van der Waals surface area contributed by atoms with Crippen LogP contribution in [-0.2, 0) is 9.59 Å².